The van der Waals surface area contributed by atoms with Crippen LogP contribution >= 0.6 is 0 Å². The van der Waals surface area contributed by atoms with Gasteiger partial charge in [-0.05, 0) is 60.7 Å². The van der Waals surface area contributed by atoms with Gasteiger partial charge in [-0.2, -0.15) is 0 Å². The normalized spacial score (nSPS) is 19.6. The van der Waals surface area contributed by atoms with Crippen LogP contribution in [0, 0.1) is 0 Å². The van der Waals surface area contributed by atoms with Crippen LogP contribution in [0.15, 0.2) is 174 Å². The minimum Gasteiger partial charge on any atom is -0.459 e. The fourth-order valence-electron chi connectivity index (χ4n) is 6.48. The zero-order chi connectivity index (χ0) is 42.7. The molecule has 1 aliphatic heterocycles. The van der Waals surface area contributed by atoms with Gasteiger partial charge in [-0.3, -0.25) is 14.3 Å². The average molecular weight is 825 g/mol. The Bertz CT molecular complexity index is 2590. The summed E-state index contributed by atoms with van der Waals surface area (Å²) in [7, 11) is 0. The highest BCUT2D eigenvalue weighted by atomic mass is 16.7. The van der Waals surface area contributed by atoms with Crippen LogP contribution in [0.1, 0.15) is 58.0 Å². The van der Waals surface area contributed by atoms with Crippen LogP contribution in [0.4, 0.5) is 0 Å². The van der Waals surface area contributed by atoms with Gasteiger partial charge in [0, 0.05) is 12.3 Å². The molecule has 0 radical (unpaired) electrons. The Morgan fingerprint density at radius 3 is 1.20 bits per heavy atom. The summed E-state index contributed by atoms with van der Waals surface area (Å²) in [5.41, 5.74) is -1.63. The van der Waals surface area contributed by atoms with E-state index in [2.05, 4.69) is 4.98 Å². The van der Waals surface area contributed by atoms with Crippen molar-refractivity contribution in [3.63, 3.8) is 0 Å². The average Bonchev–Trinajstić information content (AvgIpc) is 3.40. The highest BCUT2D eigenvalue weighted by Gasteiger charge is 2.55. The van der Waals surface area contributed by atoms with Crippen molar-refractivity contribution < 1.29 is 52.4 Å². The number of nitrogens with zero attached hydrogens (tertiary/aromatic N) is 1. The number of rotatable bonds is 12. The van der Waals surface area contributed by atoms with Crippen molar-refractivity contribution in [2.24, 2.45) is 0 Å². The van der Waals surface area contributed by atoms with Gasteiger partial charge in [-0.1, -0.05) is 91.0 Å². The lowest BCUT2D eigenvalue weighted by atomic mass is 9.98. The highest BCUT2D eigenvalue weighted by Crippen LogP contribution is 2.36. The van der Waals surface area contributed by atoms with Crippen molar-refractivity contribution in [1.29, 1.82) is 0 Å². The Kier molecular flexibility index (Phi) is 13.0. The molecule has 5 aromatic carbocycles. The molecule has 1 aliphatic rings. The number of nitrogens with one attached hydrogen (secondary N) is 1. The third-order valence-corrected chi connectivity index (χ3v) is 9.46. The molecule has 6 atom stereocenters. The summed E-state index contributed by atoms with van der Waals surface area (Å²) in [5, 5.41) is 0. The highest BCUT2D eigenvalue weighted by molar-refractivity contribution is 5.92. The molecule has 0 spiro atoms. The van der Waals surface area contributed by atoms with Crippen molar-refractivity contribution in [2.45, 2.75) is 36.7 Å². The van der Waals surface area contributed by atoms with E-state index in [1.165, 1.54) is 60.7 Å². The Hall–Kier alpha value is -7.91. The van der Waals surface area contributed by atoms with Crippen LogP contribution in [-0.4, -0.2) is 76.5 Å². The van der Waals surface area contributed by atoms with E-state index in [-0.39, 0.29) is 27.8 Å². The monoisotopic (exact) mass is 824 g/mol. The lowest BCUT2D eigenvalue weighted by Gasteiger charge is -2.35. The Morgan fingerprint density at radius 2 is 0.803 bits per heavy atom. The minimum atomic E-state index is -1.97. The van der Waals surface area contributed by atoms with E-state index in [4.69, 9.17) is 28.4 Å². The molecule has 0 amide bonds. The molecule has 308 valence electrons. The van der Waals surface area contributed by atoms with Crippen LogP contribution in [0.2, 0.25) is 0 Å². The van der Waals surface area contributed by atoms with Gasteiger partial charge in [0.2, 0.25) is 0 Å². The number of carbonyl (C=O) groups is 5. The fraction of sp³-hybridized carbons (Fsp3) is 0.152. The molecule has 1 fully saturated rings. The van der Waals surface area contributed by atoms with Gasteiger partial charge >= 0.3 is 35.5 Å². The number of hydrogen-bond donors (Lipinski definition) is 1. The Morgan fingerprint density at radius 1 is 0.459 bits per heavy atom. The van der Waals surface area contributed by atoms with Crippen molar-refractivity contribution >= 4 is 29.8 Å². The third kappa shape index (κ3) is 10.0. The summed E-state index contributed by atoms with van der Waals surface area (Å²) in [6.07, 6.45) is -10.2. The van der Waals surface area contributed by atoms with Crippen LogP contribution < -0.4 is 11.2 Å². The molecule has 0 unspecified atom stereocenters. The van der Waals surface area contributed by atoms with Gasteiger partial charge in [0.15, 0.2) is 30.6 Å². The molecule has 7 rings (SSSR count). The molecule has 1 saturated heterocycles. The molecule has 15 heteroatoms. The first-order valence-electron chi connectivity index (χ1n) is 18.9. The maximum atomic E-state index is 14.1. The second-order valence-electron chi connectivity index (χ2n) is 13.5. The zero-order valence-corrected chi connectivity index (χ0v) is 32.0. The van der Waals surface area contributed by atoms with E-state index in [1.54, 1.807) is 91.0 Å². The van der Waals surface area contributed by atoms with Gasteiger partial charge in [0.1, 0.15) is 12.7 Å². The summed E-state index contributed by atoms with van der Waals surface area (Å²) < 4.78 is 37.8. The van der Waals surface area contributed by atoms with Gasteiger partial charge in [-0.15, -0.1) is 0 Å². The molecule has 0 aliphatic carbocycles. The van der Waals surface area contributed by atoms with E-state index in [0.717, 1.165) is 16.8 Å². The number of ether oxygens (including phenoxy) is 6. The first-order valence-corrected chi connectivity index (χ1v) is 18.9. The topological polar surface area (TPSA) is 196 Å². The molecular formula is C46H36N2O13. The van der Waals surface area contributed by atoms with E-state index in [1.807, 2.05) is 0 Å². The van der Waals surface area contributed by atoms with Crippen LogP contribution in [0.25, 0.3) is 0 Å². The first-order chi connectivity index (χ1) is 29.7. The van der Waals surface area contributed by atoms with Crippen molar-refractivity contribution in [3.8, 4) is 0 Å². The Balaban J connectivity index is 1.44. The number of carbonyl (C=O) groups excluding carboxylic acids is 5. The van der Waals surface area contributed by atoms with Crippen molar-refractivity contribution in [3.05, 3.63) is 213 Å². The predicted octanol–water partition coefficient (Wildman–Crippen LogP) is 5.19. The van der Waals surface area contributed by atoms with E-state index in [9.17, 15) is 33.6 Å². The van der Waals surface area contributed by atoms with Gasteiger partial charge in [0.05, 0.1) is 27.8 Å². The summed E-state index contributed by atoms with van der Waals surface area (Å²) >= 11 is 0. The quantitative estimate of drug-likeness (QED) is 0.125. The second kappa shape index (κ2) is 19.2. The van der Waals surface area contributed by atoms with Crippen LogP contribution in [-0.2, 0) is 28.4 Å². The standard InChI is InChI=1S/C46H36N2O13/c49-35-26-27-48(46(55)47-35)40-39(61-45(54)33-24-14-5-15-25-33)38(60-44(53)32-22-12-4-13-23-32)37(59-43(52)31-20-10-3-11-21-31)36(58-42(51)30-18-8-2-9-19-30)34(57-40)28-56-41(50)29-16-6-1-7-17-29/h1-27,34,36-40H,28H2,(H,47,49,55)/t34-,36-,37+,38-,39-,40-/m1/s1. The molecule has 0 saturated carbocycles. The minimum absolute atomic E-state index is 0.0119. The lowest BCUT2D eigenvalue weighted by Crippen LogP contribution is -2.54. The molecule has 6 aromatic rings. The van der Waals surface area contributed by atoms with Crippen molar-refractivity contribution in [2.75, 3.05) is 6.61 Å². The molecule has 2 heterocycles. The van der Waals surface area contributed by atoms with E-state index >= 15 is 0 Å². The molecule has 0 bridgehead atoms. The molecular weight excluding hydrogens is 789 g/mol. The number of esters is 5. The summed E-state index contributed by atoms with van der Waals surface area (Å²) in [5.74, 6) is -4.82. The largest absolute Gasteiger partial charge is 0.459 e. The number of aromatic amines is 1. The van der Waals surface area contributed by atoms with E-state index < -0.39 is 84.5 Å². The maximum absolute atomic E-state index is 14.1. The SMILES string of the molecule is O=C(OC[C@H]1O[C@@H](n2ccc(=O)[nH]c2=O)[C@H](OC(=O)c2ccccc2)[C@H](OC(=O)c2ccccc2)[C@@H](OC(=O)c2ccccc2)[C@@H]1OC(=O)c1ccccc1)c1ccccc1. The maximum Gasteiger partial charge on any atom is 0.338 e. The Labute approximate surface area is 347 Å². The number of benzene rings is 5. The first kappa shape index (κ1) is 41.3. The zero-order valence-electron chi connectivity index (χ0n) is 32.0. The molecule has 1 aromatic heterocycles. The molecule has 61 heavy (non-hydrogen) atoms. The molecule has 1 N–H and O–H groups in total. The third-order valence-electron chi connectivity index (χ3n) is 9.46. The van der Waals surface area contributed by atoms with Gasteiger partial charge < -0.3 is 28.4 Å². The fourth-order valence-corrected chi connectivity index (χ4v) is 6.48. The lowest BCUT2D eigenvalue weighted by molar-refractivity contribution is -0.156. The second-order valence-corrected chi connectivity index (χ2v) is 13.5. The van der Waals surface area contributed by atoms with Gasteiger partial charge in [-0.25, -0.2) is 28.8 Å². The van der Waals surface area contributed by atoms with Crippen molar-refractivity contribution in [1.82, 2.24) is 9.55 Å². The number of aromatic nitrogens is 2. The number of H-pyrrole nitrogens is 1. The summed E-state index contributed by atoms with van der Waals surface area (Å²) in [4.78, 5) is 98.0. The summed E-state index contributed by atoms with van der Waals surface area (Å²) in [6.45, 7) is -0.743. The van der Waals surface area contributed by atoms with E-state index in [0.29, 0.717) is 0 Å². The smallest absolute Gasteiger partial charge is 0.338 e. The predicted molar refractivity (Wildman–Crippen MR) is 215 cm³/mol. The molecule has 15 nitrogen and oxygen atoms in total. The summed E-state index contributed by atoms with van der Waals surface area (Å²) in [6, 6.07) is 39.6. The number of hydrogen-bond acceptors (Lipinski definition) is 13. The van der Waals surface area contributed by atoms with Gasteiger partial charge in [0.25, 0.3) is 5.56 Å². The van der Waals surface area contributed by atoms with Crippen LogP contribution in [0.3, 0.4) is 0 Å². The van der Waals surface area contributed by atoms with Crippen LogP contribution in [0.5, 0.6) is 0 Å².